The SMILES string of the molecule is NC(=O)c1nc(-c2c(F)cccc2F)c(F)cc1-c1cnc2c(c1N1CCC[C@H](N)C1)CCO2. The highest BCUT2D eigenvalue weighted by Gasteiger charge is 2.30. The lowest BCUT2D eigenvalue weighted by Gasteiger charge is -2.35. The molecule has 7 nitrogen and oxygen atoms in total. The Morgan fingerprint density at radius 3 is 2.62 bits per heavy atom. The zero-order valence-corrected chi connectivity index (χ0v) is 18.2. The molecule has 2 aromatic heterocycles. The fraction of sp³-hybridized carbons (Fsp3) is 0.292. The van der Waals surface area contributed by atoms with Crippen LogP contribution in [-0.4, -0.2) is 41.6 Å². The van der Waals surface area contributed by atoms with Crippen molar-refractivity contribution in [3.05, 3.63) is 59.2 Å². The molecule has 4 heterocycles. The van der Waals surface area contributed by atoms with Crippen molar-refractivity contribution in [3.8, 4) is 28.3 Å². The number of nitrogens with zero attached hydrogens (tertiary/aromatic N) is 3. The lowest BCUT2D eigenvalue weighted by Crippen LogP contribution is -2.43. The Bertz CT molecular complexity index is 1280. The van der Waals surface area contributed by atoms with E-state index in [1.54, 1.807) is 0 Å². The fourth-order valence-electron chi connectivity index (χ4n) is 4.68. The van der Waals surface area contributed by atoms with Crippen LogP contribution in [0.5, 0.6) is 5.88 Å². The number of hydrogen-bond donors (Lipinski definition) is 2. The molecule has 176 valence electrons. The summed E-state index contributed by atoms with van der Waals surface area (Å²) in [5.41, 5.74) is 12.3. The summed E-state index contributed by atoms with van der Waals surface area (Å²) in [5, 5.41) is 0. The number of amides is 1. The van der Waals surface area contributed by atoms with Crippen LogP contribution in [0.3, 0.4) is 0 Å². The third kappa shape index (κ3) is 3.73. The lowest BCUT2D eigenvalue weighted by atomic mass is 9.95. The summed E-state index contributed by atoms with van der Waals surface area (Å²) in [5.74, 6) is -3.51. The van der Waals surface area contributed by atoms with Gasteiger partial charge < -0.3 is 21.1 Å². The van der Waals surface area contributed by atoms with E-state index in [9.17, 15) is 13.6 Å². The molecule has 0 bridgehead atoms. The number of halogens is 3. The maximum Gasteiger partial charge on any atom is 0.267 e. The second-order valence-electron chi connectivity index (χ2n) is 8.43. The number of aromatic nitrogens is 2. The molecule has 1 saturated heterocycles. The summed E-state index contributed by atoms with van der Waals surface area (Å²) in [4.78, 5) is 22.8. The van der Waals surface area contributed by atoms with E-state index < -0.39 is 34.6 Å². The molecule has 5 rings (SSSR count). The first-order valence-corrected chi connectivity index (χ1v) is 11.0. The monoisotopic (exact) mass is 469 g/mol. The van der Waals surface area contributed by atoms with E-state index in [4.69, 9.17) is 16.2 Å². The third-order valence-electron chi connectivity index (χ3n) is 6.17. The number of carbonyl (C=O) groups is 1. The first-order valence-electron chi connectivity index (χ1n) is 11.0. The molecule has 1 amide bonds. The number of anilines is 1. The zero-order valence-electron chi connectivity index (χ0n) is 18.2. The van der Waals surface area contributed by atoms with E-state index in [0.717, 1.165) is 48.4 Å². The van der Waals surface area contributed by atoms with Crippen molar-refractivity contribution >= 4 is 11.6 Å². The summed E-state index contributed by atoms with van der Waals surface area (Å²) in [6, 6.07) is 4.10. The van der Waals surface area contributed by atoms with Gasteiger partial charge >= 0.3 is 0 Å². The molecule has 2 aliphatic rings. The van der Waals surface area contributed by atoms with Crippen LogP contribution in [0.25, 0.3) is 22.4 Å². The summed E-state index contributed by atoms with van der Waals surface area (Å²) in [6.45, 7) is 1.71. The normalized spacial score (nSPS) is 17.4. The Balaban J connectivity index is 1.74. The van der Waals surface area contributed by atoms with E-state index in [1.165, 1.54) is 6.20 Å². The van der Waals surface area contributed by atoms with Crippen LogP contribution < -0.4 is 21.1 Å². The van der Waals surface area contributed by atoms with Gasteiger partial charge in [0.15, 0.2) is 0 Å². The second kappa shape index (κ2) is 8.60. The number of benzene rings is 1. The minimum Gasteiger partial charge on any atom is -0.477 e. The lowest BCUT2D eigenvalue weighted by molar-refractivity contribution is 0.0996. The Morgan fingerprint density at radius 1 is 1.15 bits per heavy atom. The van der Waals surface area contributed by atoms with Gasteiger partial charge in [-0.1, -0.05) is 6.07 Å². The highest BCUT2D eigenvalue weighted by atomic mass is 19.1. The quantitative estimate of drug-likeness (QED) is 0.608. The van der Waals surface area contributed by atoms with Crippen molar-refractivity contribution in [2.24, 2.45) is 11.5 Å². The molecule has 2 aliphatic heterocycles. The third-order valence-corrected chi connectivity index (χ3v) is 6.17. The van der Waals surface area contributed by atoms with Gasteiger partial charge in [-0.05, 0) is 31.0 Å². The molecule has 10 heteroatoms. The first kappa shape index (κ1) is 22.1. The van der Waals surface area contributed by atoms with Gasteiger partial charge in [0.25, 0.3) is 5.91 Å². The largest absolute Gasteiger partial charge is 0.477 e. The molecule has 34 heavy (non-hydrogen) atoms. The number of fused-ring (bicyclic) bond motifs is 1. The van der Waals surface area contributed by atoms with Crippen LogP contribution in [0, 0.1) is 17.5 Å². The van der Waals surface area contributed by atoms with Crippen molar-refractivity contribution in [1.82, 2.24) is 9.97 Å². The summed E-state index contributed by atoms with van der Waals surface area (Å²) in [6.07, 6.45) is 3.80. The van der Waals surface area contributed by atoms with Crippen molar-refractivity contribution in [1.29, 1.82) is 0 Å². The van der Waals surface area contributed by atoms with Crippen molar-refractivity contribution < 1.29 is 22.7 Å². The molecule has 0 aliphatic carbocycles. The van der Waals surface area contributed by atoms with Crippen LogP contribution >= 0.6 is 0 Å². The average molecular weight is 469 g/mol. The first-order chi connectivity index (χ1) is 16.3. The number of hydrogen-bond acceptors (Lipinski definition) is 6. The minimum absolute atomic E-state index is 0.0513. The Hall–Kier alpha value is -3.66. The molecule has 0 unspecified atom stereocenters. The van der Waals surface area contributed by atoms with E-state index in [2.05, 4.69) is 14.9 Å². The highest BCUT2D eigenvalue weighted by Crippen LogP contribution is 2.42. The molecule has 1 aromatic carbocycles. The molecule has 1 atom stereocenters. The van der Waals surface area contributed by atoms with Crippen LogP contribution in [0.2, 0.25) is 0 Å². The predicted molar refractivity (Wildman–Crippen MR) is 120 cm³/mol. The number of nitrogens with two attached hydrogens (primary N) is 2. The van der Waals surface area contributed by atoms with Gasteiger partial charge in [-0.3, -0.25) is 4.79 Å². The maximum absolute atomic E-state index is 15.3. The van der Waals surface area contributed by atoms with Gasteiger partial charge in [-0.15, -0.1) is 0 Å². The Morgan fingerprint density at radius 2 is 1.91 bits per heavy atom. The smallest absolute Gasteiger partial charge is 0.267 e. The van der Waals surface area contributed by atoms with Gasteiger partial charge in [-0.25, -0.2) is 23.1 Å². The van der Waals surface area contributed by atoms with Gasteiger partial charge in [-0.2, -0.15) is 0 Å². The molecular formula is C24H22F3N5O2. The van der Waals surface area contributed by atoms with Gasteiger partial charge in [0.2, 0.25) is 5.88 Å². The Labute approximate surface area is 193 Å². The van der Waals surface area contributed by atoms with Gasteiger partial charge in [0.1, 0.15) is 28.8 Å². The number of piperidine rings is 1. The zero-order chi connectivity index (χ0) is 24.0. The van der Waals surface area contributed by atoms with Crippen molar-refractivity contribution in [2.45, 2.75) is 25.3 Å². The molecule has 3 aromatic rings. The molecule has 0 radical (unpaired) electrons. The fourth-order valence-corrected chi connectivity index (χ4v) is 4.68. The predicted octanol–water partition coefficient (Wildman–Crippen LogP) is 3.19. The van der Waals surface area contributed by atoms with Crippen LogP contribution in [0.1, 0.15) is 28.9 Å². The van der Waals surface area contributed by atoms with Crippen LogP contribution in [0.15, 0.2) is 30.5 Å². The Kier molecular flexibility index (Phi) is 5.60. The molecule has 0 saturated carbocycles. The van der Waals surface area contributed by atoms with Crippen LogP contribution in [0.4, 0.5) is 18.9 Å². The molecule has 0 spiro atoms. The van der Waals surface area contributed by atoms with Crippen molar-refractivity contribution in [3.63, 3.8) is 0 Å². The molecule has 4 N–H and O–H groups in total. The topological polar surface area (TPSA) is 107 Å². The molecular weight excluding hydrogens is 447 g/mol. The minimum atomic E-state index is -1.01. The van der Waals surface area contributed by atoms with Gasteiger partial charge in [0.05, 0.1) is 17.9 Å². The number of ether oxygens (including phenoxy) is 1. The van der Waals surface area contributed by atoms with E-state index in [0.29, 0.717) is 37.6 Å². The van der Waals surface area contributed by atoms with Crippen molar-refractivity contribution in [2.75, 3.05) is 24.6 Å². The number of rotatable bonds is 4. The van der Waals surface area contributed by atoms with Crippen LogP contribution in [-0.2, 0) is 6.42 Å². The number of pyridine rings is 2. The van der Waals surface area contributed by atoms with E-state index in [1.807, 2.05) is 0 Å². The highest BCUT2D eigenvalue weighted by molar-refractivity contribution is 6.00. The second-order valence-corrected chi connectivity index (χ2v) is 8.43. The van der Waals surface area contributed by atoms with Gasteiger partial charge in [0, 0.05) is 48.4 Å². The maximum atomic E-state index is 15.3. The van der Waals surface area contributed by atoms with E-state index >= 15 is 4.39 Å². The molecule has 1 fully saturated rings. The summed E-state index contributed by atoms with van der Waals surface area (Å²) in [7, 11) is 0. The summed E-state index contributed by atoms with van der Waals surface area (Å²) < 4.78 is 49.6. The standard InChI is InChI=1S/C24H22F3N5O2/c25-16-4-1-5-17(26)19(16)21-18(27)9-14(20(31-21)23(29)33)15-10-30-24-13(6-8-34-24)22(15)32-7-2-3-12(28)11-32/h1,4-5,9-10,12H,2-3,6-8,11,28H2,(H2,29,33)/t12-/m0/s1. The van der Waals surface area contributed by atoms with E-state index in [-0.39, 0.29) is 17.3 Å². The number of carbonyl (C=O) groups excluding carboxylic acids is 1. The summed E-state index contributed by atoms with van der Waals surface area (Å²) >= 11 is 0. The number of primary amides is 1. The average Bonchev–Trinajstić information content (AvgIpc) is 3.27.